The van der Waals surface area contributed by atoms with Crippen molar-refractivity contribution in [2.45, 2.75) is 19.7 Å². The fraction of sp³-hybridized carbons (Fsp3) is 0.185. The summed E-state index contributed by atoms with van der Waals surface area (Å²) in [6.07, 6.45) is 1.80. The van der Waals surface area contributed by atoms with Crippen LogP contribution in [-0.2, 0) is 24.4 Å². The lowest BCUT2D eigenvalue weighted by Crippen LogP contribution is -2.23. The molecule has 3 aromatic carbocycles. The van der Waals surface area contributed by atoms with E-state index in [1.807, 2.05) is 78.9 Å². The minimum absolute atomic E-state index is 0.173. The molecule has 0 aliphatic carbocycles. The number of benzene rings is 3. The summed E-state index contributed by atoms with van der Waals surface area (Å²) in [5.41, 5.74) is 5.20. The second-order valence-electron chi connectivity index (χ2n) is 7.74. The third kappa shape index (κ3) is 5.67. The number of carbonyl (C=O) groups is 1. The molecular formula is C27H27N3O3. The maximum absolute atomic E-state index is 13.2. The lowest BCUT2D eigenvalue weighted by molar-refractivity contribution is 0.0951. The second-order valence-corrected chi connectivity index (χ2v) is 7.74. The van der Waals surface area contributed by atoms with Crippen molar-refractivity contribution in [3.8, 4) is 17.0 Å². The van der Waals surface area contributed by atoms with Gasteiger partial charge in [0.1, 0.15) is 11.4 Å². The average molecular weight is 442 g/mol. The van der Waals surface area contributed by atoms with Crippen LogP contribution in [0.1, 0.15) is 27.0 Å². The van der Waals surface area contributed by atoms with Crippen molar-refractivity contribution in [2.75, 3.05) is 14.2 Å². The first-order valence-corrected chi connectivity index (χ1v) is 10.8. The minimum atomic E-state index is -0.173. The van der Waals surface area contributed by atoms with Gasteiger partial charge in [0.05, 0.1) is 25.8 Å². The second kappa shape index (κ2) is 10.6. The molecule has 4 rings (SSSR count). The molecule has 0 saturated carbocycles. The van der Waals surface area contributed by atoms with Crippen LogP contribution in [0.2, 0.25) is 0 Å². The maximum atomic E-state index is 13.2. The smallest absolute Gasteiger partial charge is 0.255 e. The molecule has 0 unspecified atom stereocenters. The van der Waals surface area contributed by atoms with Crippen LogP contribution in [0.4, 0.5) is 0 Å². The van der Waals surface area contributed by atoms with Crippen molar-refractivity contribution in [1.82, 2.24) is 15.1 Å². The van der Waals surface area contributed by atoms with Gasteiger partial charge >= 0.3 is 0 Å². The normalized spacial score (nSPS) is 10.7. The van der Waals surface area contributed by atoms with E-state index in [1.165, 1.54) is 0 Å². The van der Waals surface area contributed by atoms with Crippen molar-refractivity contribution in [2.24, 2.45) is 0 Å². The lowest BCUT2D eigenvalue weighted by atomic mass is 10.1. The van der Waals surface area contributed by atoms with Crippen LogP contribution in [0.25, 0.3) is 11.3 Å². The zero-order chi connectivity index (χ0) is 23.0. The van der Waals surface area contributed by atoms with Crippen molar-refractivity contribution < 1.29 is 14.3 Å². The molecule has 6 heteroatoms. The molecule has 0 saturated heterocycles. The topological polar surface area (TPSA) is 65.4 Å². The summed E-state index contributed by atoms with van der Waals surface area (Å²) < 4.78 is 12.3. The van der Waals surface area contributed by atoms with Gasteiger partial charge in [0, 0.05) is 25.4 Å². The Kier molecular flexibility index (Phi) is 7.17. The average Bonchev–Trinajstić information content (AvgIpc) is 3.28. The summed E-state index contributed by atoms with van der Waals surface area (Å²) >= 11 is 0. The Hall–Kier alpha value is -3.90. The molecule has 0 aliphatic rings. The van der Waals surface area contributed by atoms with Crippen LogP contribution < -0.4 is 10.1 Å². The number of ether oxygens (including phenoxy) is 2. The Morgan fingerprint density at radius 1 is 0.909 bits per heavy atom. The Morgan fingerprint density at radius 3 is 2.39 bits per heavy atom. The van der Waals surface area contributed by atoms with Gasteiger partial charge in [0.15, 0.2) is 0 Å². The van der Waals surface area contributed by atoms with E-state index in [0.29, 0.717) is 36.7 Å². The Balaban J connectivity index is 1.58. The summed E-state index contributed by atoms with van der Waals surface area (Å²) in [6, 6.07) is 25.6. The van der Waals surface area contributed by atoms with E-state index in [0.717, 1.165) is 22.3 Å². The fourth-order valence-corrected chi connectivity index (χ4v) is 3.62. The van der Waals surface area contributed by atoms with E-state index in [2.05, 4.69) is 5.32 Å². The number of nitrogens with zero attached hydrogens (tertiary/aromatic N) is 2. The molecular weight excluding hydrogens is 414 g/mol. The van der Waals surface area contributed by atoms with E-state index in [9.17, 15) is 4.79 Å². The summed E-state index contributed by atoms with van der Waals surface area (Å²) in [5.74, 6) is 0.542. The highest BCUT2D eigenvalue weighted by Crippen LogP contribution is 2.26. The third-order valence-corrected chi connectivity index (χ3v) is 5.32. The van der Waals surface area contributed by atoms with Crippen molar-refractivity contribution in [1.29, 1.82) is 0 Å². The Morgan fingerprint density at radius 2 is 1.67 bits per heavy atom. The number of carbonyl (C=O) groups excluding carboxylic acids is 1. The monoisotopic (exact) mass is 441 g/mol. The van der Waals surface area contributed by atoms with E-state index < -0.39 is 0 Å². The van der Waals surface area contributed by atoms with Crippen molar-refractivity contribution in [3.63, 3.8) is 0 Å². The Bertz CT molecular complexity index is 1200. The van der Waals surface area contributed by atoms with Gasteiger partial charge in [-0.05, 0) is 28.8 Å². The highest BCUT2D eigenvalue weighted by Gasteiger charge is 2.18. The largest absolute Gasteiger partial charge is 0.497 e. The van der Waals surface area contributed by atoms with Crippen molar-refractivity contribution >= 4 is 5.91 Å². The van der Waals surface area contributed by atoms with E-state index >= 15 is 0 Å². The molecule has 0 radical (unpaired) electrons. The highest BCUT2D eigenvalue weighted by molar-refractivity contribution is 5.99. The van der Waals surface area contributed by atoms with Gasteiger partial charge in [-0.2, -0.15) is 5.10 Å². The lowest BCUT2D eigenvalue weighted by Gasteiger charge is -2.07. The molecule has 1 N–H and O–H groups in total. The number of rotatable bonds is 9. The molecule has 0 aliphatic heterocycles. The molecule has 1 amide bonds. The first-order valence-electron chi connectivity index (χ1n) is 10.8. The van der Waals surface area contributed by atoms with Gasteiger partial charge in [0.2, 0.25) is 0 Å². The minimum Gasteiger partial charge on any atom is -0.497 e. The summed E-state index contributed by atoms with van der Waals surface area (Å²) in [5, 5.41) is 7.77. The number of nitrogens with one attached hydrogen (secondary N) is 1. The maximum Gasteiger partial charge on any atom is 0.255 e. The van der Waals surface area contributed by atoms with E-state index in [1.54, 1.807) is 25.1 Å². The molecule has 168 valence electrons. The highest BCUT2D eigenvalue weighted by atomic mass is 16.5. The molecule has 0 bridgehead atoms. The van der Waals surface area contributed by atoms with Gasteiger partial charge in [-0.1, -0.05) is 66.7 Å². The van der Waals surface area contributed by atoms with Gasteiger partial charge in [-0.25, -0.2) is 0 Å². The van der Waals surface area contributed by atoms with Crippen LogP contribution in [0, 0.1) is 0 Å². The first-order chi connectivity index (χ1) is 16.2. The molecule has 0 atom stereocenters. The number of aromatic nitrogens is 2. The quantitative estimate of drug-likeness (QED) is 0.410. The number of hydrogen-bond donors (Lipinski definition) is 1. The Labute approximate surface area is 193 Å². The predicted molar refractivity (Wildman–Crippen MR) is 128 cm³/mol. The third-order valence-electron chi connectivity index (χ3n) is 5.32. The van der Waals surface area contributed by atoms with Crippen LogP contribution >= 0.6 is 0 Å². The molecule has 1 aromatic heterocycles. The molecule has 4 aromatic rings. The molecule has 0 spiro atoms. The van der Waals surface area contributed by atoms with E-state index in [-0.39, 0.29) is 5.91 Å². The number of hydrogen-bond acceptors (Lipinski definition) is 4. The van der Waals surface area contributed by atoms with Crippen LogP contribution in [0.3, 0.4) is 0 Å². The van der Waals surface area contributed by atoms with Crippen LogP contribution in [-0.4, -0.2) is 29.9 Å². The molecule has 1 heterocycles. The van der Waals surface area contributed by atoms with Crippen LogP contribution in [0.5, 0.6) is 5.75 Å². The molecule has 0 fully saturated rings. The summed E-state index contributed by atoms with van der Waals surface area (Å²) in [4.78, 5) is 13.2. The number of methoxy groups -OCH3 is 2. The van der Waals surface area contributed by atoms with E-state index in [4.69, 9.17) is 14.6 Å². The molecule has 33 heavy (non-hydrogen) atoms. The standard InChI is InChI=1S/C27H27N3O3/c1-32-19-22-13-11-20(12-14-22)16-28-27(31)25-18-30(17-21-7-4-3-5-8-21)29-26(25)23-9-6-10-24(15-23)33-2/h3-15,18H,16-17,19H2,1-2H3,(H,28,31). The summed E-state index contributed by atoms with van der Waals surface area (Å²) in [6.45, 7) is 1.57. The van der Waals surface area contributed by atoms with Gasteiger partial charge < -0.3 is 14.8 Å². The first kappa shape index (κ1) is 22.3. The van der Waals surface area contributed by atoms with Crippen LogP contribution in [0.15, 0.2) is 85.1 Å². The zero-order valence-corrected chi connectivity index (χ0v) is 18.8. The predicted octanol–water partition coefficient (Wildman–Crippen LogP) is 4.68. The SMILES string of the molecule is COCc1ccc(CNC(=O)c2cn(Cc3ccccc3)nc2-c2cccc(OC)c2)cc1. The zero-order valence-electron chi connectivity index (χ0n) is 18.8. The van der Waals surface area contributed by atoms with Gasteiger partial charge in [-0.15, -0.1) is 0 Å². The fourth-order valence-electron chi connectivity index (χ4n) is 3.62. The molecule has 6 nitrogen and oxygen atoms in total. The van der Waals surface area contributed by atoms with Gasteiger partial charge in [0.25, 0.3) is 5.91 Å². The van der Waals surface area contributed by atoms with Crippen molar-refractivity contribution in [3.05, 3.63) is 107 Å². The summed E-state index contributed by atoms with van der Waals surface area (Å²) in [7, 11) is 3.30. The number of amides is 1. The van der Waals surface area contributed by atoms with Gasteiger partial charge in [-0.3, -0.25) is 9.48 Å².